The van der Waals surface area contributed by atoms with Gasteiger partial charge in [0.1, 0.15) is 0 Å². The summed E-state index contributed by atoms with van der Waals surface area (Å²) in [7, 11) is 0. The maximum absolute atomic E-state index is 11.6. The predicted octanol–water partition coefficient (Wildman–Crippen LogP) is 5.52. The van der Waals surface area contributed by atoms with E-state index < -0.39 is 5.97 Å². The quantitative estimate of drug-likeness (QED) is 0.694. The number of benzene rings is 2. The van der Waals surface area contributed by atoms with Crippen molar-refractivity contribution in [3.63, 3.8) is 0 Å². The van der Waals surface area contributed by atoms with Crippen LogP contribution in [0.5, 0.6) is 0 Å². The van der Waals surface area contributed by atoms with E-state index in [1.165, 1.54) is 0 Å². The molecule has 0 saturated heterocycles. The Balaban J connectivity index is 1.88. The highest BCUT2D eigenvalue weighted by molar-refractivity contribution is 6.42. The van der Waals surface area contributed by atoms with Crippen molar-refractivity contribution < 1.29 is 9.90 Å². The van der Waals surface area contributed by atoms with E-state index in [1.54, 1.807) is 18.2 Å². The SMILES string of the molecule is O=C(O)c1cccc2c1NC(c1cccc(Cl)c1Cl)C1CC=CC21. The van der Waals surface area contributed by atoms with Crippen molar-refractivity contribution in [2.24, 2.45) is 5.92 Å². The molecule has 3 unspecified atom stereocenters. The number of fused-ring (bicyclic) bond motifs is 3. The Morgan fingerprint density at radius 3 is 2.67 bits per heavy atom. The summed E-state index contributed by atoms with van der Waals surface area (Å²) in [6.07, 6.45) is 5.24. The minimum absolute atomic E-state index is 0.0794. The van der Waals surface area contributed by atoms with Crippen LogP contribution in [0.3, 0.4) is 0 Å². The number of nitrogens with one attached hydrogen (secondary N) is 1. The molecule has 0 fully saturated rings. The lowest BCUT2D eigenvalue weighted by atomic mass is 9.76. The summed E-state index contributed by atoms with van der Waals surface area (Å²) in [5.41, 5.74) is 2.91. The van der Waals surface area contributed by atoms with Gasteiger partial charge in [-0.25, -0.2) is 4.79 Å². The summed E-state index contributed by atoms with van der Waals surface area (Å²) < 4.78 is 0. The molecule has 1 aliphatic carbocycles. The van der Waals surface area contributed by atoms with Gasteiger partial charge >= 0.3 is 5.97 Å². The molecule has 5 heteroatoms. The van der Waals surface area contributed by atoms with Crippen LogP contribution in [0.1, 0.15) is 39.9 Å². The van der Waals surface area contributed by atoms with Gasteiger partial charge in [0.15, 0.2) is 0 Å². The molecule has 4 rings (SSSR count). The van der Waals surface area contributed by atoms with Crippen LogP contribution in [0.25, 0.3) is 0 Å². The van der Waals surface area contributed by atoms with Gasteiger partial charge in [-0.2, -0.15) is 0 Å². The number of aromatic carboxylic acids is 1. The van der Waals surface area contributed by atoms with Gasteiger partial charge in [-0.1, -0.05) is 59.6 Å². The Kier molecular flexibility index (Phi) is 3.78. The van der Waals surface area contributed by atoms with E-state index >= 15 is 0 Å². The monoisotopic (exact) mass is 359 g/mol. The van der Waals surface area contributed by atoms with Gasteiger partial charge in [-0.05, 0) is 35.6 Å². The minimum Gasteiger partial charge on any atom is -0.478 e. The standard InChI is InChI=1S/C19H15Cl2NO2/c20-15-9-3-7-13(16(15)21)17-11-5-1-4-10(11)12-6-2-8-14(19(23)24)18(12)22-17/h1-4,6-11,17,22H,5H2,(H,23,24). The molecule has 1 aliphatic heterocycles. The van der Waals surface area contributed by atoms with Crippen molar-refractivity contribution in [3.8, 4) is 0 Å². The zero-order valence-electron chi connectivity index (χ0n) is 12.7. The van der Waals surface area contributed by atoms with Crippen LogP contribution >= 0.6 is 23.2 Å². The highest BCUT2D eigenvalue weighted by Gasteiger charge is 2.40. The highest BCUT2D eigenvalue weighted by Crippen LogP contribution is 2.52. The lowest BCUT2D eigenvalue weighted by Crippen LogP contribution is -2.30. The zero-order valence-corrected chi connectivity index (χ0v) is 14.2. The molecule has 0 spiro atoms. The van der Waals surface area contributed by atoms with Crippen LogP contribution in [0.15, 0.2) is 48.6 Å². The third-order valence-electron chi connectivity index (χ3n) is 4.94. The van der Waals surface area contributed by atoms with Crippen molar-refractivity contribution in [1.29, 1.82) is 0 Å². The molecule has 0 amide bonds. The normalized spacial score (nSPS) is 24.2. The van der Waals surface area contributed by atoms with E-state index in [0.717, 1.165) is 17.5 Å². The molecule has 0 radical (unpaired) electrons. The smallest absolute Gasteiger partial charge is 0.337 e. The molecule has 2 N–H and O–H groups in total. The topological polar surface area (TPSA) is 49.3 Å². The first-order valence-corrected chi connectivity index (χ1v) is 8.57. The number of halogens is 2. The van der Waals surface area contributed by atoms with E-state index in [1.807, 2.05) is 18.2 Å². The van der Waals surface area contributed by atoms with Crippen molar-refractivity contribution >= 4 is 34.9 Å². The summed E-state index contributed by atoms with van der Waals surface area (Å²) in [6.45, 7) is 0. The van der Waals surface area contributed by atoms with Gasteiger partial charge in [0, 0.05) is 5.92 Å². The predicted molar refractivity (Wildman–Crippen MR) is 96.2 cm³/mol. The van der Waals surface area contributed by atoms with E-state index in [-0.39, 0.29) is 23.4 Å². The first-order valence-electron chi connectivity index (χ1n) is 7.81. The number of carboxylic acid groups (broad SMARTS) is 1. The largest absolute Gasteiger partial charge is 0.478 e. The first kappa shape index (κ1) is 15.6. The van der Waals surface area contributed by atoms with E-state index in [0.29, 0.717) is 15.7 Å². The molecule has 2 aliphatic rings. The molecule has 24 heavy (non-hydrogen) atoms. The van der Waals surface area contributed by atoms with Crippen LogP contribution in [0.2, 0.25) is 10.0 Å². The third-order valence-corrected chi connectivity index (χ3v) is 5.78. The van der Waals surface area contributed by atoms with Gasteiger partial charge < -0.3 is 10.4 Å². The van der Waals surface area contributed by atoms with Gasteiger partial charge in [0.2, 0.25) is 0 Å². The Bertz CT molecular complexity index is 862. The number of carbonyl (C=O) groups is 1. The molecular formula is C19H15Cl2NO2. The number of para-hydroxylation sites is 1. The Hall–Kier alpha value is -1.97. The third kappa shape index (κ3) is 2.31. The average molecular weight is 360 g/mol. The van der Waals surface area contributed by atoms with Gasteiger partial charge in [0.05, 0.1) is 27.3 Å². The van der Waals surface area contributed by atoms with Crippen LogP contribution in [-0.2, 0) is 0 Å². The van der Waals surface area contributed by atoms with Crippen LogP contribution in [0, 0.1) is 5.92 Å². The second-order valence-electron chi connectivity index (χ2n) is 6.19. The Morgan fingerprint density at radius 1 is 1.12 bits per heavy atom. The average Bonchev–Trinajstić information content (AvgIpc) is 3.06. The second-order valence-corrected chi connectivity index (χ2v) is 6.98. The first-order chi connectivity index (χ1) is 11.6. The maximum Gasteiger partial charge on any atom is 0.337 e. The highest BCUT2D eigenvalue weighted by atomic mass is 35.5. The number of allylic oxidation sites excluding steroid dienone is 2. The minimum atomic E-state index is -0.935. The summed E-state index contributed by atoms with van der Waals surface area (Å²) in [4.78, 5) is 11.6. The van der Waals surface area contributed by atoms with Crippen LogP contribution in [0.4, 0.5) is 5.69 Å². The summed E-state index contributed by atoms with van der Waals surface area (Å²) >= 11 is 12.6. The number of anilines is 1. The molecule has 0 saturated carbocycles. The summed E-state index contributed by atoms with van der Waals surface area (Å²) in [5, 5.41) is 14.0. The van der Waals surface area contributed by atoms with Crippen LogP contribution in [-0.4, -0.2) is 11.1 Å². The van der Waals surface area contributed by atoms with E-state index in [2.05, 4.69) is 17.5 Å². The van der Waals surface area contributed by atoms with Gasteiger partial charge in [-0.15, -0.1) is 0 Å². The fourth-order valence-corrected chi connectivity index (χ4v) is 4.29. The molecule has 1 heterocycles. The lowest BCUT2D eigenvalue weighted by molar-refractivity contribution is 0.0697. The lowest BCUT2D eigenvalue weighted by Gasteiger charge is -2.38. The summed E-state index contributed by atoms with van der Waals surface area (Å²) in [5.74, 6) is -0.464. The number of carboxylic acids is 1. The Labute approximate surface area is 149 Å². The number of hydrogen-bond acceptors (Lipinski definition) is 2. The molecular weight excluding hydrogens is 345 g/mol. The summed E-state index contributed by atoms with van der Waals surface area (Å²) in [6, 6.07) is 10.9. The van der Waals surface area contributed by atoms with Crippen molar-refractivity contribution in [1.82, 2.24) is 0 Å². The Morgan fingerprint density at radius 2 is 1.88 bits per heavy atom. The zero-order chi connectivity index (χ0) is 16.8. The molecule has 0 aromatic heterocycles. The molecule has 122 valence electrons. The molecule has 0 bridgehead atoms. The fraction of sp³-hybridized carbons (Fsp3) is 0.211. The molecule has 3 nitrogen and oxygen atoms in total. The molecule has 2 aromatic rings. The maximum atomic E-state index is 11.6. The molecule has 3 atom stereocenters. The van der Waals surface area contributed by atoms with Gasteiger partial charge in [0.25, 0.3) is 0 Å². The molecule has 2 aromatic carbocycles. The van der Waals surface area contributed by atoms with Crippen molar-refractivity contribution in [3.05, 3.63) is 75.3 Å². The second kappa shape index (κ2) is 5.83. The number of hydrogen-bond donors (Lipinski definition) is 2. The van der Waals surface area contributed by atoms with E-state index in [9.17, 15) is 9.90 Å². The van der Waals surface area contributed by atoms with Crippen molar-refractivity contribution in [2.75, 3.05) is 5.32 Å². The fourth-order valence-electron chi connectivity index (χ4n) is 3.87. The van der Waals surface area contributed by atoms with E-state index in [4.69, 9.17) is 23.2 Å². The van der Waals surface area contributed by atoms with Crippen LogP contribution < -0.4 is 5.32 Å². The number of rotatable bonds is 2. The van der Waals surface area contributed by atoms with Gasteiger partial charge in [-0.3, -0.25) is 0 Å². The van der Waals surface area contributed by atoms with Crippen molar-refractivity contribution in [2.45, 2.75) is 18.4 Å².